The van der Waals surface area contributed by atoms with Crippen molar-refractivity contribution in [2.45, 2.75) is 314 Å². The van der Waals surface area contributed by atoms with E-state index >= 15 is 0 Å². The van der Waals surface area contributed by atoms with Gasteiger partial charge in [-0.1, -0.05) is 425 Å². The van der Waals surface area contributed by atoms with Crippen LogP contribution in [0.4, 0.5) is 34.1 Å². The summed E-state index contributed by atoms with van der Waals surface area (Å²) in [4.78, 5) is 5.38. The lowest BCUT2D eigenvalue weighted by molar-refractivity contribution is 0.568. The molecule has 0 saturated carbocycles. The molecule has 2 heterocycles. The Morgan fingerprint density at radius 3 is 0.797 bits per heavy atom. The Labute approximate surface area is 752 Å². The maximum atomic E-state index is 10.0. The first-order valence-electron chi connectivity index (χ1n) is 48.0. The normalized spacial score (nSPS) is 14.5. The fourth-order valence-corrected chi connectivity index (χ4v) is 18.0. The molecule has 3 heteroatoms. The molecular formula is C120H145BN2. The Kier molecular flexibility index (Phi) is 20.6. The summed E-state index contributed by atoms with van der Waals surface area (Å²) in [5.74, 6) is 0. The van der Waals surface area contributed by atoms with Crippen LogP contribution in [0.15, 0.2) is 224 Å². The number of anilines is 6. The van der Waals surface area contributed by atoms with Gasteiger partial charge in [0.2, 0.25) is 0 Å². The molecule has 0 saturated heterocycles. The first-order valence-corrected chi connectivity index (χ1v) is 45.5. The second-order valence-electron chi connectivity index (χ2n) is 48.7. The molecule has 123 heavy (non-hydrogen) atoms. The summed E-state index contributed by atoms with van der Waals surface area (Å²) in [6.45, 7) is 83.9. The fraction of sp³-hybridized carbons (Fsp3) is 0.400. The van der Waals surface area contributed by atoms with Crippen molar-refractivity contribution in [2.75, 3.05) is 9.80 Å². The number of rotatable bonds is 9. The van der Waals surface area contributed by atoms with E-state index in [1.54, 1.807) is 0 Å². The largest absolute Gasteiger partial charge is 0.310 e. The van der Waals surface area contributed by atoms with Gasteiger partial charge in [0.25, 0.3) is 6.71 Å². The third-order valence-electron chi connectivity index (χ3n) is 26.3. The average molecular weight is 1630 g/mol. The van der Waals surface area contributed by atoms with E-state index in [0.717, 1.165) is 112 Å². The Hall–Kier alpha value is -9.70. The zero-order valence-corrected chi connectivity index (χ0v) is 81.9. The molecule has 14 rings (SSSR count). The van der Waals surface area contributed by atoms with E-state index in [-0.39, 0.29) is 94.7 Å². The predicted octanol–water partition coefficient (Wildman–Crippen LogP) is 33.0. The van der Waals surface area contributed by atoms with Crippen LogP contribution in [0.5, 0.6) is 0 Å². The van der Waals surface area contributed by atoms with Gasteiger partial charge in [0, 0.05) is 45.0 Å². The van der Waals surface area contributed by atoms with E-state index < -0.39 is 12.8 Å². The van der Waals surface area contributed by atoms with Crippen LogP contribution in [0.25, 0.3) is 77.9 Å². The van der Waals surface area contributed by atoms with Crippen molar-refractivity contribution in [1.29, 1.82) is 0 Å². The topological polar surface area (TPSA) is 6.48 Å². The number of benzene rings is 12. The van der Waals surface area contributed by atoms with Crippen LogP contribution in [0.1, 0.15) is 323 Å². The third-order valence-corrected chi connectivity index (χ3v) is 26.3. The second kappa shape index (κ2) is 30.6. The molecule has 12 aromatic carbocycles. The fourth-order valence-electron chi connectivity index (χ4n) is 18.0. The standard InChI is InChI=1S/C120H145BN2/c1-109(2,3)83-48-42-75(43-49-83)94-70-92(118(28,29)30)72-96(82-60-90(116(22,23)24)68-91(61-82)117(25,26)27)107(94)122-102-62-77(74-40-38-37-39-41-74)46-54-100(102)121-101-55-47-78(79-56-86(112(10,11)12)66-87(57-79)113(13,14)15)63-103(101)123(105-65-81(64-104(122)106(105)121)80-58-88(114(16,17)18)67-89(59-80)115(19,20)21)108-95(76-44-50-84(51-45-76)110(4,5)6)71-93(119(31,32)33)73-98(108)97-69-85(111(7,8)9)52-53-99(97)120(34,35)36/h37-73H,1-36H3/i37D,38D,39D,40D,41D. The maximum absolute atomic E-state index is 10.0. The van der Waals surface area contributed by atoms with Crippen molar-refractivity contribution in [1.82, 2.24) is 0 Å². The first-order chi connectivity index (χ1) is 58.6. The number of hydrogen-bond acceptors (Lipinski definition) is 2. The SMILES string of the molecule is [2H]c1c([2H])c([2H])c(-c2ccc3c(c2)N(c2c(-c4ccc(C(C)(C)C)cc4)cc(C(C)(C)C)cc2-c2cc(C(C)(C)C)cc(C(C)(C)C)c2)c2cc(-c4cc(C(C)(C)C)cc(C(C)(C)C)c4)cc4c2B3c2ccc(-c3cc(C(C)(C)C)cc(C(C)(C)C)c3)cc2N4c2c(-c3ccc(C(C)(C)C)cc3)cc(C(C)(C)C)cc2-c2cc(C(C)(C)C)ccc2C(C)(C)C)c([2H])c1[2H]. The van der Waals surface area contributed by atoms with Crippen molar-refractivity contribution in [3.8, 4) is 77.9 Å². The molecule has 2 nitrogen and oxygen atoms in total. The molecule has 2 aliphatic rings. The molecule has 0 fully saturated rings. The van der Waals surface area contributed by atoms with Gasteiger partial charge in [0.05, 0.1) is 18.2 Å². The molecule has 2 aliphatic heterocycles. The van der Waals surface area contributed by atoms with Crippen molar-refractivity contribution < 1.29 is 6.85 Å². The van der Waals surface area contributed by atoms with E-state index in [1.807, 2.05) is 0 Å². The summed E-state index contributed by atoms with van der Waals surface area (Å²) >= 11 is 0. The highest BCUT2D eigenvalue weighted by atomic mass is 15.2. The molecule has 0 aromatic heterocycles. The van der Waals surface area contributed by atoms with Gasteiger partial charge >= 0.3 is 0 Å². The van der Waals surface area contributed by atoms with Gasteiger partial charge in [-0.25, -0.2) is 0 Å². The zero-order valence-electron chi connectivity index (χ0n) is 86.9. The highest BCUT2D eigenvalue weighted by molar-refractivity contribution is 7.00. The average Bonchev–Trinajstić information content (AvgIpc) is 0.682. The summed E-state index contributed by atoms with van der Waals surface area (Å²) in [5, 5.41) is 0. The van der Waals surface area contributed by atoms with E-state index in [1.165, 1.54) is 72.3 Å². The predicted molar refractivity (Wildman–Crippen MR) is 543 cm³/mol. The van der Waals surface area contributed by atoms with Gasteiger partial charge in [-0.15, -0.1) is 0 Å². The lowest BCUT2D eigenvalue weighted by Gasteiger charge is -2.46. The maximum Gasteiger partial charge on any atom is 0.252 e. The Morgan fingerprint density at radius 2 is 0.455 bits per heavy atom. The minimum absolute atomic E-state index is 0.135. The minimum atomic E-state index is -0.489. The van der Waals surface area contributed by atoms with Gasteiger partial charge in [-0.2, -0.15) is 0 Å². The van der Waals surface area contributed by atoms with Crippen LogP contribution in [0.2, 0.25) is 0 Å². The molecule has 0 atom stereocenters. The summed E-state index contributed by atoms with van der Waals surface area (Å²) in [6.07, 6.45) is 0. The molecule has 638 valence electrons. The van der Waals surface area contributed by atoms with Crippen LogP contribution in [-0.4, -0.2) is 6.71 Å². The Morgan fingerprint density at radius 1 is 0.195 bits per heavy atom. The second-order valence-corrected chi connectivity index (χ2v) is 48.7. The van der Waals surface area contributed by atoms with E-state index in [2.05, 4.69) is 453 Å². The van der Waals surface area contributed by atoms with Gasteiger partial charge in [-0.3, -0.25) is 0 Å². The molecule has 0 spiro atoms. The highest BCUT2D eigenvalue weighted by Crippen LogP contribution is 2.58. The summed E-state index contributed by atoms with van der Waals surface area (Å²) in [7, 11) is 0. The van der Waals surface area contributed by atoms with Gasteiger partial charge in [0.1, 0.15) is 0 Å². The molecular weight excluding hydrogens is 1480 g/mol. The van der Waals surface area contributed by atoms with Crippen LogP contribution < -0.4 is 26.2 Å². The molecule has 12 aromatic rings. The number of fused-ring (bicyclic) bond motifs is 4. The summed E-state index contributed by atoms with van der Waals surface area (Å²) < 4.78 is 48.0. The van der Waals surface area contributed by atoms with E-state index in [9.17, 15) is 5.48 Å². The first kappa shape index (κ1) is 82.9. The van der Waals surface area contributed by atoms with Gasteiger partial charge in [0.15, 0.2) is 0 Å². The van der Waals surface area contributed by atoms with Crippen molar-refractivity contribution in [3.05, 3.63) is 291 Å². The molecule has 0 aliphatic carbocycles. The molecule has 0 radical (unpaired) electrons. The van der Waals surface area contributed by atoms with E-state index in [0.29, 0.717) is 5.56 Å². The minimum Gasteiger partial charge on any atom is -0.310 e. The smallest absolute Gasteiger partial charge is 0.252 e. The van der Waals surface area contributed by atoms with Crippen molar-refractivity contribution in [3.63, 3.8) is 0 Å². The Bertz CT molecular complexity index is 6270. The van der Waals surface area contributed by atoms with Crippen LogP contribution >= 0.6 is 0 Å². The van der Waals surface area contributed by atoms with Gasteiger partial charge < -0.3 is 9.80 Å². The lowest BCUT2D eigenvalue weighted by Crippen LogP contribution is -2.61. The van der Waals surface area contributed by atoms with Gasteiger partial charge in [-0.05, 0) is 252 Å². The van der Waals surface area contributed by atoms with Crippen LogP contribution in [-0.2, 0) is 65.0 Å². The third kappa shape index (κ3) is 17.8. The highest BCUT2D eigenvalue weighted by Gasteiger charge is 2.47. The monoisotopic (exact) mass is 1630 g/mol. The van der Waals surface area contributed by atoms with Crippen molar-refractivity contribution >= 4 is 57.2 Å². The summed E-state index contributed by atoms with van der Waals surface area (Å²) in [5.41, 5.74) is 34.8. The zero-order chi connectivity index (χ0) is 94.5. The van der Waals surface area contributed by atoms with E-state index in [4.69, 9.17) is 1.37 Å². The quantitative estimate of drug-likeness (QED) is 0.133. The molecule has 0 unspecified atom stereocenters. The number of nitrogens with zero attached hydrogens (tertiary/aromatic N) is 2. The van der Waals surface area contributed by atoms with Crippen LogP contribution in [0, 0.1) is 0 Å². The molecule has 0 N–H and O–H groups in total. The van der Waals surface area contributed by atoms with Crippen LogP contribution in [0.3, 0.4) is 0 Å². The lowest BCUT2D eigenvalue weighted by atomic mass is 9.33. The Balaban J connectivity index is 1.32. The molecule has 0 amide bonds. The van der Waals surface area contributed by atoms with Crippen molar-refractivity contribution in [2.24, 2.45) is 0 Å². The molecule has 0 bridgehead atoms. The number of hydrogen-bond donors (Lipinski definition) is 0. The summed E-state index contributed by atoms with van der Waals surface area (Å²) in [6, 6.07) is 75.9.